The predicted molar refractivity (Wildman–Crippen MR) is 172 cm³/mol. The van der Waals surface area contributed by atoms with Gasteiger partial charge in [0.15, 0.2) is 0 Å². The van der Waals surface area contributed by atoms with Crippen molar-refractivity contribution in [2.24, 2.45) is 10.2 Å². The maximum absolute atomic E-state index is 13.0. The quantitative estimate of drug-likeness (QED) is 0.111. The molecule has 2 aromatic rings. The number of benzene rings is 2. The largest absolute Gasteiger partial charge is 0.460 e. The minimum Gasteiger partial charge on any atom is -0.460 e. The summed E-state index contributed by atoms with van der Waals surface area (Å²) in [4.78, 5) is 29.1. The fourth-order valence-electron chi connectivity index (χ4n) is 3.53. The first kappa shape index (κ1) is 36.3. The molecule has 0 aromatic heterocycles. The lowest BCUT2D eigenvalue weighted by Crippen LogP contribution is -2.47. The number of hydrogen-bond acceptors (Lipinski definition) is 10. The van der Waals surface area contributed by atoms with E-state index in [0.717, 1.165) is 0 Å². The number of esters is 2. The molecule has 16 heteroatoms. The number of hydrogen-bond donors (Lipinski definition) is 2. The fraction of sp³-hybridized carbons (Fsp3) is 0.357. The summed E-state index contributed by atoms with van der Waals surface area (Å²) in [5.74, 6) is -1.85. The maximum Gasteiger partial charge on any atom is 0.375 e. The van der Waals surface area contributed by atoms with Gasteiger partial charge in [-0.3, -0.25) is 10.9 Å². The molecule has 0 spiro atoms. The second kappa shape index (κ2) is 19.4. The zero-order valence-corrected chi connectivity index (χ0v) is 27.0. The standard InChI is InChI=1S/C28H30Cl4N8O4/c1-3-43-27(41)25(37-35-23-17-19(29)7-9-21(23)31)39(13-5-11-33)15-16-40(14-6-12-34)26(28(42)44-4-2)38-36-24-18-20(30)8-10-22(24)32/h7-10,17-18,35-36H,3-6,13-16H2,1-2H3/b37-25-,38-26+. The Bertz CT molecular complexity index is 1330. The third-order valence-corrected chi connectivity index (χ3v) is 6.69. The fourth-order valence-corrected chi connectivity index (χ4v) is 4.20. The van der Waals surface area contributed by atoms with Gasteiger partial charge in [0.25, 0.3) is 0 Å². The van der Waals surface area contributed by atoms with E-state index >= 15 is 0 Å². The Hall–Kier alpha value is -3.94. The van der Waals surface area contributed by atoms with Gasteiger partial charge in [-0.25, -0.2) is 9.59 Å². The monoisotopic (exact) mass is 682 g/mol. The highest BCUT2D eigenvalue weighted by Crippen LogP contribution is 2.26. The number of ether oxygens (including phenoxy) is 2. The minimum atomic E-state index is -0.767. The lowest BCUT2D eigenvalue weighted by atomic mass is 10.3. The first-order valence-corrected chi connectivity index (χ1v) is 14.8. The Balaban J connectivity index is 2.47. The van der Waals surface area contributed by atoms with Crippen molar-refractivity contribution in [2.45, 2.75) is 26.7 Å². The minimum absolute atomic E-state index is 0.0299. The van der Waals surface area contributed by atoms with Crippen molar-refractivity contribution in [1.82, 2.24) is 9.80 Å². The van der Waals surface area contributed by atoms with E-state index in [9.17, 15) is 20.1 Å². The summed E-state index contributed by atoms with van der Waals surface area (Å²) in [5, 5.41) is 28.5. The van der Waals surface area contributed by atoms with Crippen molar-refractivity contribution in [3.05, 3.63) is 56.5 Å². The van der Waals surface area contributed by atoms with Crippen LogP contribution in [0.2, 0.25) is 20.1 Å². The van der Waals surface area contributed by atoms with Crippen LogP contribution in [0.4, 0.5) is 11.4 Å². The number of nitrogens with zero attached hydrogens (tertiary/aromatic N) is 6. The third kappa shape index (κ3) is 11.6. The van der Waals surface area contributed by atoms with Crippen molar-refractivity contribution in [1.29, 1.82) is 10.5 Å². The van der Waals surface area contributed by atoms with Crippen LogP contribution in [0.1, 0.15) is 26.7 Å². The smallest absolute Gasteiger partial charge is 0.375 e. The number of anilines is 2. The normalized spacial score (nSPS) is 11.2. The molecule has 0 saturated heterocycles. The summed E-state index contributed by atoms with van der Waals surface area (Å²) < 4.78 is 10.4. The Morgan fingerprint density at radius 3 is 1.45 bits per heavy atom. The number of halogens is 4. The summed E-state index contributed by atoms with van der Waals surface area (Å²) in [7, 11) is 0. The van der Waals surface area contributed by atoms with E-state index in [4.69, 9.17) is 55.9 Å². The maximum atomic E-state index is 13.0. The van der Waals surface area contributed by atoms with Gasteiger partial charge in [0.1, 0.15) is 0 Å². The molecule has 0 atom stereocenters. The van der Waals surface area contributed by atoms with E-state index in [1.54, 1.807) is 38.1 Å². The second-order valence-electron chi connectivity index (χ2n) is 8.57. The van der Waals surface area contributed by atoms with E-state index in [-0.39, 0.29) is 63.9 Å². The predicted octanol–water partition coefficient (Wildman–Crippen LogP) is 6.01. The average molecular weight is 684 g/mol. The van der Waals surface area contributed by atoms with Gasteiger partial charge in [-0.05, 0) is 50.2 Å². The molecule has 0 aliphatic heterocycles. The van der Waals surface area contributed by atoms with E-state index < -0.39 is 11.9 Å². The number of nitriles is 2. The van der Waals surface area contributed by atoms with Crippen LogP contribution in [0.25, 0.3) is 0 Å². The Morgan fingerprint density at radius 1 is 0.727 bits per heavy atom. The summed E-state index contributed by atoms with van der Waals surface area (Å²) in [6, 6.07) is 13.5. The number of amidine groups is 2. The Labute approximate surface area is 275 Å². The van der Waals surface area contributed by atoms with Crippen LogP contribution in [-0.2, 0) is 19.1 Å². The lowest BCUT2D eigenvalue weighted by molar-refractivity contribution is -0.137. The van der Waals surface area contributed by atoms with Gasteiger partial charge in [-0.15, -0.1) is 10.2 Å². The van der Waals surface area contributed by atoms with Gasteiger partial charge in [-0.1, -0.05) is 46.4 Å². The van der Waals surface area contributed by atoms with E-state index in [0.29, 0.717) is 31.5 Å². The molecular weight excluding hydrogens is 654 g/mol. The van der Waals surface area contributed by atoms with Crippen molar-refractivity contribution >= 4 is 81.4 Å². The van der Waals surface area contributed by atoms with Crippen LogP contribution in [0.15, 0.2) is 46.6 Å². The molecule has 0 heterocycles. The number of nitrogens with one attached hydrogen (secondary N) is 2. The van der Waals surface area contributed by atoms with Crippen LogP contribution < -0.4 is 10.9 Å². The van der Waals surface area contributed by atoms with E-state index in [1.165, 1.54) is 21.9 Å². The third-order valence-electron chi connectivity index (χ3n) is 5.56. The number of hydrazone groups is 2. The molecule has 0 bridgehead atoms. The summed E-state index contributed by atoms with van der Waals surface area (Å²) >= 11 is 24.6. The summed E-state index contributed by atoms with van der Waals surface area (Å²) in [6.45, 7) is 3.66. The molecule has 0 radical (unpaired) electrons. The molecule has 0 amide bonds. The molecule has 0 fully saturated rings. The van der Waals surface area contributed by atoms with Crippen LogP contribution in [0, 0.1) is 22.7 Å². The van der Waals surface area contributed by atoms with Gasteiger partial charge in [0.2, 0.25) is 11.7 Å². The highest BCUT2D eigenvalue weighted by Gasteiger charge is 2.26. The SMILES string of the molecule is CCOC(=O)/C(=N/Nc1cc(Cl)ccc1Cl)N(CCC#N)CCN(CCC#N)/C(=N/Nc1cc(Cl)ccc1Cl)C(=O)OCC. The first-order chi connectivity index (χ1) is 21.1. The van der Waals surface area contributed by atoms with Crippen molar-refractivity contribution in [3.8, 4) is 12.1 Å². The highest BCUT2D eigenvalue weighted by atomic mass is 35.5. The van der Waals surface area contributed by atoms with Crippen LogP contribution in [-0.4, -0.2) is 72.8 Å². The number of carbonyl (C=O) groups is 2. The zero-order chi connectivity index (χ0) is 32.5. The van der Waals surface area contributed by atoms with Gasteiger partial charge in [-0.2, -0.15) is 10.5 Å². The van der Waals surface area contributed by atoms with Crippen molar-refractivity contribution < 1.29 is 19.1 Å². The highest BCUT2D eigenvalue weighted by molar-refractivity contribution is 6.37. The molecule has 0 saturated carbocycles. The molecule has 2 rings (SSSR count). The molecule has 0 unspecified atom stereocenters. The molecule has 234 valence electrons. The van der Waals surface area contributed by atoms with Crippen LogP contribution in [0.3, 0.4) is 0 Å². The summed E-state index contributed by atoms with van der Waals surface area (Å²) in [5.41, 5.74) is 6.14. The number of carbonyl (C=O) groups excluding carboxylic acids is 2. The van der Waals surface area contributed by atoms with Gasteiger partial charge in [0, 0.05) is 36.2 Å². The lowest BCUT2D eigenvalue weighted by Gasteiger charge is -2.29. The van der Waals surface area contributed by atoms with Crippen LogP contribution in [0.5, 0.6) is 0 Å². The first-order valence-electron chi connectivity index (χ1n) is 13.3. The summed E-state index contributed by atoms with van der Waals surface area (Å²) in [6.07, 6.45) is 0.0599. The molecule has 2 N–H and O–H groups in total. The Morgan fingerprint density at radius 2 is 1.11 bits per heavy atom. The number of rotatable bonds is 13. The molecule has 12 nitrogen and oxygen atoms in total. The zero-order valence-electron chi connectivity index (χ0n) is 23.9. The van der Waals surface area contributed by atoms with Gasteiger partial charge in [0.05, 0.1) is 59.6 Å². The average Bonchev–Trinajstić information content (AvgIpc) is 2.99. The van der Waals surface area contributed by atoms with Crippen molar-refractivity contribution in [3.63, 3.8) is 0 Å². The molecule has 44 heavy (non-hydrogen) atoms. The van der Waals surface area contributed by atoms with Crippen LogP contribution >= 0.6 is 46.4 Å². The van der Waals surface area contributed by atoms with E-state index in [1.807, 2.05) is 12.1 Å². The van der Waals surface area contributed by atoms with Crippen molar-refractivity contribution in [2.75, 3.05) is 50.2 Å². The molecule has 0 aliphatic rings. The Kier molecular flexibility index (Phi) is 16.0. The van der Waals surface area contributed by atoms with Gasteiger partial charge < -0.3 is 19.3 Å². The molecule has 0 aliphatic carbocycles. The van der Waals surface area contributed by atoms with Gasteiger partial charge >= 0.3 is 11.9 Å². The molecule has 2 aromatic carbocycles. The molecular formula is C28H30Cl4N8O4. The van der Waals surface area contributed by atoms with E-state index in [2.05, 4.69) is 21.1 Å². The second-order valence-corrected chi connectivity index (χ2v) is 10.3. The topological polar surface area (TPSA) is 155 Å².